The molecule has 1 saturated heterocycles. The van der Waals surface area contributed by atoms with Crippen molar-refractivity contribution in [1.82, 2.24) is 19.7 Å². The largest absolute Gasteiger partial charge is 0.441 e. The average molecular weight is 358 g/mol. The van der Waals surface area contributed by atoms with E-state index in [1.165, 1.54) is 0 Å². The van der Waals surface area contributed by atoms with Gasteiger partial charge in [-0.1, -0.05) is 13.0 Å². The van der Waals surface area contributed by atoms with Crippen LogP contribution in [0.1, 0.15) is 29.6 Å². The maximum Gasteiger partial charge on any atom is 0.256 e. The van der Waals surface area contributed by atoms with Crippen LogP contribution < -0.4 is 0 Å². The molecule has 2 heterocycles. The predicted molar refractivity (Wildman–Crippen MR) is 99.0 cm³/mol. The Kier molecular flexibility index (Phi) is 5.27. The monoisotopic (exact) mass is 358 g/mol. The van der Waals surface area contributed by atoms with Gasteiger partial charge in [-0.15, -0.1) is 0 Å². The molecular weight excluding hydrogens is 332 g/mol. The Bertz CT molecular complexity index is 806. The standard InChI is InChI=1S/C19H26N4O3/c1-5-15(21(3)4)19(25)23-11-9-22(10-12-23)18(24)14-7-6-8-16-17(14)20-13(2)26-16/h6-8,15H,5,9-12H2,1-4H3. The van der Waals surface area contributed by atoms with Crippen LogP contribution in [0.4, 0.5) is 0 Å². The average Bonchev–Trinajstić information content (AvgIpc) is 3.01. The smallest absolute Gasteiger partial charge is 0.256 e. The van der Waals surface area contributed by atoms with Crippen LogP contribution >= 0.6 is 0 Å². The zero-order valence-electron chi connectivity index (χ0n) is 15.9. The minimum Gasteiger partial charge on any atom is -0.441 e. The van der Waals surface area contributed by atoms with Gasteiger partial charge in [0.1, 0.15) is 5.52 Å². The van der Waals surface area contributed by atoms with E-state index in [4.69, 9.17) is 4.42 Å². The van der Waals surface area contributed by atoms with E-state index in [1.54, 1.807) is 17.9 Å². The molecule has 2 aromatic rings. The Morgan fingerprint density at radius 1 is 1.19 bits per heavy atom. The quantitative estimate of drug-likeness (QED) is 0.833. The molecule has 26 heavy (non-hydrogen) atoms. The predicted octanol–water partition coefficient (Wildman–Crippen LogP) is 1.76. The SMILES string of the molecule is CCC(C(=O)N1CCN(C(=O)c2cccc3oc(C)nc23)CC1)N(C)C. The fourth-order valence-electron chi connectivity index (χ4n) is 3.50. The van der Waals surface area contributed by atoms with Gasteiger partial charge >= 0.3 is 0 Å². The van der Waals surface area contributed by atoms with Crippen LogP contribution in [0, 0.1) is 6.92 Å². The van der Waals surface area contributed by atoms with Gasteiger partial charge < -0.3 is 14.2 Å². The molecule has 1 atom stereocenters. The van der Waals surface area contributed by atoms with Crippen molar-refractivity contribution in [1.29, 1.82) is 0 Å². The van der Waals surface area contributed by atoms with Gasteiger partial charge in [0.25, 0.3) is 5.91 Å². The van der Waals surface area contributed by atoms with Gasteiger partial charge in [0.15, 0.2) is 11.5 Å². The number of amides is 2. The molecule has 1 aliphatic rings. The number of fused-ring (bicyclic) bond motifs is 1. The van der Waals surface area contributed by atoms with Crippen molar-refractivity contribution in [2.24, 2.45) is 0 Å². The van der Waals surface area contributed by atoms with E-state index in [0.29, 0.717) is 48.7 Å². The molecule has 0 saturated carbocycles. The summed E-state index contributed by atoms with van der Waals surface area (Å²) in [4.78, 5) is 35.5. The highest BCUT2D eigenvalue weighted by Crippen LogP contribution is 2.21. The molecule has 0 spiro atoms. The number of piperazine rings is 1. The topological polar surface area (TPSA) is 69.9 Å². The van der Waals surface area contributed by atoms with Gasteiger partial charge in [-0.2, -0.15) is 0 Å². The minimum atomic E-state index is -0.107. The Morgan fingerprint density at radius 3 is 2.46 bits per heavy atom. The number of rotatable bonds is 4. The number of para-hydroxylation sites is 1. The molecule has 7 nitrogen and oxygen atoms in total. The summed E-state index contributed by atoms with van der Waals surface area (Å²) in [6.45, 7) is 5.96. The first-order valence-electron chi connectivity index (χ1n) is 9.03. The van der Waals surface area contributed by atoms with Gasteiger partial charge in [-0.3, -0.25) is 14.5 Å². The molecule has 7 heteroatoms. The van der Waals surface area contributed by atoms with Crippen molar-refractivity contribution in [3.8, 4) is 0 Å². The summed E-state index contributed by atoms with van der Waals surface area (Å²) in [5.74, 6) is 0.624. The third kappa shape index (κ3) is 3.44. The number of benzene rings is 1. The molecule has 1 fully saturated rings. The summed E-state index contributed by atoms with van der Waals surface area (Å²) in [6, 6.07) is 5.30. The number of hydrogen-bond acceptors (Lipinski definition) is 5. The van der Waals surface area contributed by atoms with Gasteiger partial charge in [0.05, 0.1) is 11.6 Å². The van der Waals surface area contributed by atoms with Crippen LogP contribution in [0.25, 0.3) is 11.1 Å². The van der Waals surface area contributed by atoms with Crippen molar-refractivity contribution in [2.45, 2.75) is 26.3 Å². The summed E-state index contributed by atoms with van der Waals surface area (Å²) >= 11 is 0. The maximum absolute atomic E-state index is 12.9. The first-order valence-corrected chi connectivity index (χ1v) is 9.03. The summed E-state index contributed by atoms with van der Waals surface area (Å²) in [6.07, 6.45) is 0.776. The molecule has 1 aromatic heterocycles. The van der Waals surface area contributed by atoms with Crippen LogP contribution in [0.2, 0.25) is 0 Å². The van der Waals surface area contributed by atoms with E-state index in [9.17, 15) is 9.59 Å². The number of carbonyl (C=O) groups excluding carboxylic acids is 2. The molecule has 0 N–H and O–H groups in total. The second-order valence-electron chi connectivity index (χ2n) is 6.89. The highest BCUT2D eigenvalue weighted by atomic mass is 16.3. The molecule has 0 bridgehead atoms. The lowest BCUT2D eigenvalue weighted by Gasteiger charge is -2.37. The Morgan fingerprint density at radius 2 is 1.85 bits per heavy atom. The van der Waals surface area contributed by atoms with Crippen molar-refractivity contribution < 1.29 is 14.0 Å². The normalized spacial score (nSPS) is 16.3. The Balaban J connectivity index is 1.69. The molecule has 1 unspecified atom stereocenters. The van der Waals surface area contributed by atoms with Gasteiger partial charge in [-0.25, -0.2) is 4.98 Å². The number of hydrogen-bond donors (Lipinski definition) is 0. The van der Waals surface area contributed by atoms with Crippen LogP contribution in [-0.4, -0.2) is 77.8 Å². The van der Waals surface area contributed by atoms with Crippen LogP contribution in [0.15, 0.2) is 22.6 Å². The molecule has 1 aromatic carbocycles. The number of aryl methyl sites for hydroxylation is 1. The van der Waals surface area contributed by atoms with Crippen molar-refractivity contribution >= 4 is 22.9 Å². The zero-order chi connectivity index (χ0) is 18.8. The van der Waals surface area contributed by atoms with Gasteiger partial charge in [0, 0.05) is 33.1 Å². The number of oxazole rings is 1. The number of likely N-dealkylation sites (N-methyl/N-ethyl adjacent to an activating group) is 1. The molecular formula is C19H26N4O3. The summed E-state index contributed by atoms with van der Waals surface area (Å²) < 4.78 is 5.52. The number of carbonyl (C=O) groups is 2. The summed E-state index contributed by atoms with van der Waals surface area (Å²) in [5.41, 5.74) is 1.78. The van der Waals surface area contributed by atoms with E-state index in [-0.39, 0.29) is 17.9 Å². The maximum atomic E-state index is 12.9. The van der Waals surface area contributed by atoms with Crippen LogP contribution in [0.3, 0.4) is 0 Å². The highest BCUT2D eigenvalue weighted by Gasteiger charge is 2.30. The van der Waals surface area contributed by atoms with Gasteiger partial charge in [0.2, 0.25) is 5.91 Å². The zero-order valence-corrected chi connectivity index (χ0v) is 15.9. The highest BCUT2D eigenvalue weighted by molar-refractivity contribution is 6.04. The van der Waals surface area contributed by atoms with Crippen molar-refractivity contribution in [2.75, 3.05) is 40.3 Å². The molecule has 0 aliphatic carbocycles. The molecule has 0 radical (unpaired) electrons. The number of aromatic nitrogens is 1. The van der Waals surface area contributed by atoms with Gasteiger partial charge in [-0.05, 0) is 32.6 Å². The van der Waals surface area contributed by atoms with E-state index in [2.05, 4.69) is 4.98 Å². The van der Waals surface area contributed by atoms with E-state index in [1.807, 2.05) is 43.0 Å². The Labute approximate surface area is 153 Å². The van der Waals surface area contributed by atoms with Crippen molar-refractivity contribution in [3.63, 3.8) is 0 Å². The molecule has 1 aliphatic heterocycles. The summed E-state index contributed by atoms with van der Waals surface area (Å²) in [5, 5.41) is 0. The lowest BCUT2D eigenvalue weighted by molar-refractivity contribution is -0.137. The lowest BCUT2D eigenvalue weighted by Crippen LogP contribution is -2.54. The second-order valence-corrected chi connectivity index (χ2v) is 6.89. The van der Waals surface area contributed by atoms with Crippen LogP contribution in [0.5, 0.6) is 0 Å². The first-order chi connectivity index (χ1) is 12.4. The van der Waals surface area contributed by atoms with E-state index < -0.39 is 0 Å². The molecule has 3 rings (SSSR count). The number of nitrogens with zero attached hydrogens (tertiary/aromatic N) is 4. The van der Waals surface area contributed by atoms with Crippen molar-refractivity contribution in [3.05, 3.63) is 29.7 Å². The third-order valence-electron chi connectivity index (χ3n) is 4.93. The molecule has 140 valence electrons. The lowest BCUT2D eigenvalue weighted by atomic mass is 10.1. The summed E-state index contributed by atoms with van der Waals surface area (Å²) in [7, 11) is 3.85. The third-order valence-corrected chi connectivity index (χ3v) is 4.93. The Hall–Kier alpha value is -2.41. The molecule has 2 amide bonds. The van der Waals surface area contributed by atoms with E-state index in [0.717, 1.165) is 6.42 Å². The van der Waals surface area contributed by atoms with E-state index >= 15 is 0 Å². The fourth-order valence-corrected chi connectivity index (χ4v) is 3.50. The van der Waals surface area contributed by atoms with Crippen LogP contribution in [-0.2, 0) is 4.79 Å². The fraction of sp³-hybridized carbons (Fsp3) is 0.526. The first kappa shape index (κ1) is 18.4. The second kappa shape index (κ2) is 7.45. The minimum absolute atomic E-state index is 0.0596.